The van der Waals surface area contributed by atoms with E-state index in [0.29, 0.717) is 17.9 Å². The second kappa shape index (κ2) is 8.23. The molecule has 0 spiro atoms. The molecule has 0 aliphatic rings. The summed E-state index contributed by atoms with van der Waals surface area (Å²) in [6, 6.07) is 10.1. The smallest absolute Gasteiger partial charge is 0.273 e. The maximum absolute atomic E-state index is 13.0. The topological polar surface area (TPSA) is 81.5 Å². The monoisotopic (exact) mass is 398 g/mol. The largest absolute Gasteiger partial charge is 0.491 e. The summed E-state index contributed by atoms with van der Waals surface area (Å²) < 4.78 is 5.50. The van der Waals surface area contributed by atoms with E-state index in [-0.39, 0.29) is 28.2 Å². The summed E-state index contributed by atoms with van der Waals surface area (Å²) in [6.45, 7) is 14.8. The van der Waals surface area contributed by atoms with Crippen molar-refractivity contribution in [2.24, 2.45) is 0 Å². The Hall–Kier alpha value is -2.89. The minimum atomic E-state index is -0.490. The number of carbonyl (C=O) groups is 1. The summed E-state index contributed by atoms with van der Waals surface area (Å²) in [4.78, 5) is 23.6. The van der Waals surface area contributed by atoms with Crippen LogP contribution >= 0.6 is 0 Å². The minimum absolute atomic E-state index is 0.0869. The number of nitro benzene ring substituents is 1. The van der Waals surface area contributed by atoms with E-state index in [1.54, 1.807) is 6.92 Å². The fourth-order valence-electron chi connectivity index (χ4n) is 2.82. The molecule has 156 valence electrons. The van der Waals surface area contributed by atoms with Crippen LogP contribution < -0.4 is 10.1 Å². The third kappa shape index (κ3) is 5.56. The highest BCUT2D eigenvalue weighted by atomic mass is 16.6. The summed E-state index contributed by atoms with van der Waals surface area (Å²) in [6.07, 6.45) is 0. The Morgan fingerprint density at radius 2 is 1.55 bits per heavy atom. The van der Waals surface area contributed by atoms with Crippen molar-refractivity contribution < 1.29 is 14.5 Å². The van der Waals surface area contributed by atoms with Crippen molar-refractivity contribution in [3.63, 3.8) is 0 Å². The summed E-state index contributed by atoms with van der Waals surface area (Å²) in [5.41, 5.74) is 2.79. The molecule has 0 unspecified atom stereocenters. The van der Waals surface area contributed by atoms with E-state index in [1.807, 2.05) is 12.1 Å². The van der Waals surface area contributed by atoms with Crippen molar-refractivity contribution in [3.05, 3.63) is 63.2 Å². The molecule has 0 aliphatic carbocycles. The summed E-state index contributed by atoms with van der Waals surface area (Å²) in [5.74, 6) is -0.00511. The molecule has 0 bridgehead atoms. The lowest BCUT2D eigenvalue weighted by Crippen LogP contribution is -2.20. The van der Waals surface area contributed by atoms with Gasteiger partial charge in [0.1, 0.15) is 5.75 Å². The van der Waals surface area contributed by atoms with Gasteiger partial charge in [-0.15, -0.1) is 0 Å². The van der Waals surface area contributed by atoms with Gasteiger partial charge in [0, 0.05) is 11.6 Å². The molecule has 0 aliphatic heterocycles. The number of amides is 1. The molecule has 0 atom stereocenters. The molecule has 29 heavy (non-hydrogen) atoms. The van der Waals surface area contributed by atoms with Gasteiger partial charge in [-0.1, -0.05) is 47.6 Å². The van der Waals surface area contributed by atoms with Crippen LogP contribution in [0, 0.1) is 10.1 Å². The first kappa shape index (κ1) is 22.4. The van der Waals surface area contributed by atoms with E-state index in [0.717, 1.165) is 11.1 Å². The summed E-state index contributed by atoms with van der Waals surface area (Å²) >= 11 is 0. The number of rotatable bonds is 5. The number of ether oxygens (including phenoxy) is 1. The van der Waals surface area contributed by atoms with Crippen molar-refractivity contribution in [2.75, 3.05) is 11.9 Å². The second-order valence-corrected chi connectivity index (χ2v) is 9.12. The Labute approximate surface area is 172 Å². The maximum atomic E-state index is 13.0. The van der Waals surface area contributed by atoms with Crippen LogP contribution in [0.5, 0.6) is 5.75 Å². The van der Waals surface area contributed by atoms with Crippen LogP contribution in [0.2, 0.25) is 0 Å². The Morgan fingerprint density at radius 3 is 2.00 bits per heavy atom. The van der Waals surface area contributed by atoms with Gasteiger partial charge >= 0.3 is 0 Å². The second-order valence-electron chi connectivity index (χ2n) is 9.12. The summed E-state index contributed by atoms with van der Waals surface area (Å²) in [5, 5.41) is 13.9. The highest BCUT2D eigenvalue weighted by molar-refractivity contribution is 6.05. The van der Waals surface area contributed by atoms with Crippen LogP contribution in [0.4, 0.5) is 11.4 Å². The van der Waals surface area contributed by atoms with Gasteiger partial charge in [-0.2, -0.15) is 0 Å². The molecule has 2 aromatic carbocycles. The molecular formula is C23H30N2O4. The highest BCUT2D eigenvalue weighted by Gasteiger charge is 2.23. The SMILES string of the molecule is CCOc1cc([N+](=O)[O-])ccc1NC(=O)c1cc(C(C)(C)C)cc(C(C)(C)C)c1. The van der Waals surface area contributed by atoms with E-state index in [4.69, 9.17) is 4.74 Å². The number of hydrogen-bond acceptors (Lipinski definition) is 4. The first-order valence-electron chi connectivity index (χ1n) is 9.71. The molecule has 0 heterocycles. The van der Waals surface area contributed by atoms with Crippen LogP contribution in [-0.2, 0) is 10.8 Å². The molecule has 0 saturated carbocycles. The Kier molecular flexibility index (Phi) is 6.36. The lowest BCUT2D eigenvalue weighted by atomic mass is 9.79. The fraction of sp³-hybridized carbons (Fsp3) is 0.435. The van der Waals surface area contributed by atoms with Crippen LogP contribution in [0.1, 0.15) is 70.0 Å². The molecule has 2 aromatic rings. The van der Waals surface area contributed by atoms with Crippen molar-refractivity contribution >= 4 is 17.3 Å². The molecule has 0 fully saturated rings. The Balaban J connectivity index is 2.46. The molecule has 0 saturated heterocycles. The van der Waals surface area contributed by atoms with E-state index < -0.39 is 4.92 Å². The average Bonchev–Trinajstić information content (AvgIpc) is 2.61. The quantitative estimate of drug-likeness (QED) is 0.507. The lowest BCUT2D eigenvalue weighted by molar-refractivity contribution is -0.384. The van der Waals surface area contributed by atoms with Gasteiger partial charge in [0.2, 0.25) is 0 Å². The summed E-state index contributed by atoms with van der Waals surface area (Å²) in [7, 11) is 0. The van der Waals surface area contributed by atoms with Crippen LogP contribution in [0.3, 0.4) is 0 Å². The van der Waals surface area contributed by atoms with Crippen molar-refractivity contribution in [2.45, 2.75) is 59.3 Å². The zero-order valence-corrected chi connectivity index (χ0v) is 18.3. The molecular weight excluding hydrogens is 368 g/mol. The number of benzene rings is 2. The highest BCUT2D eigenvalue weighted by Crippen LogP contribution is 2.32. The Bertz CT molecular complexity index is 889. The number of hydrogen-bond donors (Lipinski definition) is 1. The van der Waals surface area contributed by atoms with E-state index in [9.17, 15) is 14.9 Å². The van der Waals surface area contributed by atoms with Crippen molar-refractivity contribution in [3.8, 4) is 5.75 Å². The number of anilines is 1. The number of nitro groups is 1. The molecule has 2 rings (SSSR count). The minimum Gasteiger partial charge on any atom is -0.491 e. The average molecular weight is 399 g/mol. The van der Waals surface area contributed by atoms with Crippen molar-refractivity contribution in [1.82, 2.24) is 0 Å². The van der Waals surface area contributed by atoms with Gasteiger partial charge in [0.15, 0.2) is 0 Å². The lowest BCUT2D eigenvalue weighted by Gasteiger charge is -2.26. The first-order chi connectivity index (χ1) is 13.3. The maximum Gasteiger partial charge on any atom is 0.273 e. The van der Waals surface area contributed by atoms with Gasteiger partial charge in [-0.25, -0.2) is 0 Å². The van der Waals surface area contributed by atoms with Gasteiger partial charge in [0.05, 0.1) is 23.3 Å². The van der Waals surface area contributed by atoms with Crippen LogP contribution in [-0.4, -0.2) is 17.4 Å². The fourth-order valence-corrected chi connectivity index (χ4v) is 2.82. The number of non-ortho nitro benzene ring substituents is 1. The number of nitrogens with one attached hydrogen (secondary N) is 1. The van der Waals surface area contributed by atoms with Gasteiger partial charge < -0.3 is 10.1 Å². The molecule has 0 radical (unpaired) electrons. The van der Waals surface area contributed by atoms with Gasteiger partial charge in [0.25, 0.3) is 11.6 Å². The molecule has 1 amide bonds. The van der Waals surface area contributed by atoms with E-state index in [1.165, 1.54) is 18.2 Å². The predicted molar refractivity (Wildman–Crippen MR) is 116 cm³/mol. The first-order valence-corrected chi connectivity index (χ1v) is 9.71. The third-order valence-electron chi connectivity index (χ3n) is 4.65. The zero-order chi connectivity index (χ0) is 22.0. The molecule has 0 aromatic heterocycles. The zero-order valence-electron chi connectivity index (χ0n) is 18.3. The van der Waals surface area contributed by atoms with E-state index in [2.05, 4.69) is 52.9 Å². The molecule has 6 heteroatoms. The van der Waals surface area contributed by atoms with Crippen LogP contribution in [0.15, 0.2) is 36.4 Å². The third-order valence-corrected chi connectivity index (χ3v) is 4.65. The standard InChI is InChI=1S/C23H30N2O4/c1-8-29-20-14-18(25(27)28)9-10-19(20)24-21(26)15-11-16(22(2,3)4)13-17(12-15)23(5,6)7/h9-14H,8H2,1-7H3,(H,24,26). The van der Waals surface area contributed by atoms with Crippen LogP contribution in [0.25, 0.3) is 0 Å². The number of carbonyl (C=O) groups excluding carboxylic acids is 1. The normalized spacial score (nSPS) is 11.8. The van der Waals surface area contributed by atoms with Gasteiger partial charge in [-0.3, -0.25) is 14.9 Å². The van der Waals surface area contributed by atoms with Crippen molar-refractivity contribution in [1.29, 1.82) is 0 Å². The molecule has 6 nitrogen and oxygen atoms in total. The molecule has 1 N–H and O–H groups in total. The Morgan fingerprint density at radius 1 is 1.00 bits per heavy atom. The predicted octanol–water partition coefficient (Wildman–Crippen LogP) is 5.84. The van der Waals surface area contributed by atoms with Gasteiger partial charge in [-0.05, 0) is 47.1 Å². The number of nitrogens with zero attached hydrogens (tertiary/aromatic N) is 1. The van der Waals surface area contributed by atoms with E-state index >= 15 is 0 Å².